The van der Waals surface area contributed by atoms with Gasteiger partial charge in [0.05, 0.1) is 11.6 Å². The van der Waals surface area contributed by atoms with Crippen molar-refractivity contribution in [2.45, 2.75) is 25.3 Å². The molecule has 3 aromatic heterocycles. The van der Waals surface area contributed by atoms with Crippen molar-refractivity contribution in [3.8, 4) is 11.1 Å². The molecule has 0 unspecified atom stereocenters. The van der Waals surface area contributed by atoms with E-state index >= 15 is 0 Å². The molecule has 3 N–H and O–H groups in total. The molecule has 34 heavy (non-hydrogen) atoms. The summed E-state index contributed by atoms with van der Waals surface area (Å²) >= 11 is 0. The second-order valence-electron chi connectivity index (χ2n) is 8.84. The van der Waals surface area contributed by atoms with Crippen LogP contribution in [-0.4, -0.2) is 25.1 Å². The number of carbonyl (C=O) groups excluding carboxylic acids is 1. The highest BCUT2D eigenvalue weighted by Crippen LogP contribution is 2.32. The lowest BCUT2D eigenvalue weighted by molar-refractivity contribution is 0.0934. The van der Waals surface area contributed by atoms with Gasteiger partial charge >= 0.3 is 0 Å². The molecular weight excluding hydrogens is 431 g/mol. The van der Waals surface area contributed by atoms with Crippen LogP contribution in [0.4, 0.5) is 10.3 Å². The Labute approximate surface area is 195 Å². The molecule has 0 bridgehead atoms. The van der Waals surface area contributed by atoms with Crippen LogP contribution >= 0.6 is 0 Å². The van der Waals surface area contributed by atoms with Crippen molar-refractivity contribution in [3.63, 3.8) is 0 Å². The molecule has 5 aromatic rings. The van der Waals surface area contributed by atoms with Crippen LogP contribution in [0.2, 0.25) is 0 Å². The summed E-state index contributed by atoms with van der Waals surface area (Å²) in [4.78, 5) is 17.6. The van der Waals surface area contributed by atoms with Crippen LogP contribution in [0.5, 0.6) is 0 Å². The van der Waals surface area contributed by atoms with Gasteiger partial charge in [0, 0.05) is 30.3 Å². The van der Waals surface area contributed by atoms with Crippen molar-refractivity contribution in [1.82, 2.24) is 24.5 Å². The Bertz CT molecular complexity index is 1580. The Morgan fingerprint density at radius 3 is 2.88 bits per heavy atom. The Balaban J connectivity index is 1.36. The summed E-state index contributed by atoms with van der Waals surface area (Å²) in [6.45, 7) is 0. The van der Waals surface area contributed by atoms with E-state index in [1.807, 2.05) is 54.3 Å². The number of fused-ring (bicyclic) bond motifs is 3. The van der Waals surface area contributed by atoms with E-state index in [4.69, 9.17) is 5.73 Å². The van der Waals surface area contributed by atoms with Gasteiger partial charge in [-0.3, -0.25) is 4.79 Å². The first-order valence-electron chi connectivity index (χ1n) is 11.3. The third kappa shape index (κ3) is 3.39. The number of aromatic nitrogens is 4. The molecule has 2 aromatic carbocycles. The zero-order chi connectivity index (χ0) is 23.4. The van der Waals surface area contributed by atoms with E-state index in [0.717, 1.165) is 52.4 Å². The van der Waals surface area contributed by atoms with Gasteiger partial charge in [0.25, 0.3) is 5.91 Å². The smallest absolute Gasteiger partial charge is 0.253 e. The summed E-state index contributed by atoms with van der Waals surface area (Å²) in [7, 11) is 1.93. The van der Waals surface area contributed by atoms with Crippen molar-refractivity contribution >= 4 is 28.4 Å². The Morgan fingerprint density at radius 2 is 2.00 bits per heavy atom. The standard InChI is InChI=1S/C26H23FN6O/c1-32-14-21(25(34)29-22-4-2-3-17-11-18(27)6-7-19(17)22)20-12-15(5-8-23(20)32)16-9-10-33-24(13-16)30-26(28)31-33/h5-14,22H,2-4H2,1H3,(H2,28,31)(H,29,34)/t22-/m0/s1. The summed E-state index contributed by atoms with van der Waals surface area (Å²) in [6.07, 6.45) is 6.26. The first-order chi connectivity index (χ1) is 16.5. The first kappa shape index (κ1) is 20.4. The Hall–Kier alpha value is -4.20. The number of hydrogen-bond donors (Lipinski definition) is 2. The SMILES string of the molecule is Cn1cc(C(=O)N[C@H]2CCCc3cc(F)ccc32)c2cc(-c3ccn4nc(N)nc4c3)ccc21. The number of nitrogens with zero attached hydrogens (tertiary/aromatic N) is 4. The maximum Gasteiger partial charge on any atom is 0.253 e. The van der Waals surface area contributed by atoms with Crippen LogP contribution in [0.15, 0.2) is 60.9 Å². The van der Waals surface area contributed by atoms with Gasteiger partial charge in [-0.15, -0.1) is 5.10 Å². The zero-order valence-corrected chi connectivity index (χ0v) is 18.6. The molecule has 3 heterocycles. The first-order valence-corrected chi connectivity index (χ1v) is 11.3. The van der Waals surface area contributed by atoms with Gasteiger partial charge < -0.3 is 15.6 Å². The quantitative estimate of drug-likeness (QED) is 0.422. The number of rotatable bonds is 3. The minimum atomic E-state index is -0.237. The second kappa shape index (κ2) is 7.69. The summed E-state index contributed by atoms with van der Waals surface area (Å²) < 4.78 is 17.3. The van der Waals surface area contributed by atoms with Crippen LogP contribution in [0, 0.1) is 5.82 Å². The molecule has 6 rings (SSSR count). The molecule has 0 fully saturated rings. The fourth-order valence-electron chi connectivity index (χ4n) is 5.00. The van der Waals surface area contributed by atoms with E-state index in [9.17, 15) is 9.18 Å². The van der Waals surface area contributed by atoms with Crippen LogP contribution in [0.3, 0.4) is 0 Å². The number of pyridine rings is 1. The maximum atomic E-state index is 13.7. The molecule has 0 spiro atoms. The number of benzene rings is 2. The molecule has 0 saturated heterocycles. The fourth-order valence-corrected chi connectivity index (χ4v) is 5.00. The minimum Gasteiger partial charge on any atom is -0.366 e. The van der Waals surface area contributed by atoms with Gasteiger partial charge in [-0.1, -0.05) is 12.1 Å². The topological polar surface area (TPSA) is 90.2 Å². The van der Waals surface area contributed by atoms with Gasteiger partial charge in [0.1, 0.15) is 5.82 Å². The van der Waals surface area contributed by atoms with E-state index in [0.29, 0.717) is 11.2 Å². The molecule has 1 aliphatic rings. The Kier molecular flexibility index (Phi) is 4.62. The zero-order valence-electron chi connectivity index (χ0n) is 18.6. The predicted molar refractivity (Wildman–Crippen MR) is 129 cm³/mol. The van der Waals surface area contributed by atoms with Crippen LogP contribution in [0.1, 0.15) is 40.4 Å². The molecular formula is C26H23FN6O. The lowest BCUT2D eigenvalue weighted by atomic mass is 9.87. The van der Waals surface area contributed by atoms with Gasteiger partial charge in [0.15, 0.2) is 5.65 Å². The molecule has 8 heteroatoms. The van der Waals surface area contributed by atoms with Gasteiger partial charge in [0.2, 0.25) is 5.95 Å². The van der Waals surface area contributed by atoms with Crippen molar-refractivity contribution in [2.24, 2.45) is 7.05 Å². The number of halogens is 1. The lowest BCUT2D eigenvalue weighted by Gasteiger charge is -2.26. The van der Waals surface area contributed by atoms with E-state index in [2.05, 4.69) is 15.4 Å². The minimum absolute atomic E-state index is 0.129. The van der Waals surface area contributed by atoms with Crippen molar-refractivity contribution in [3.05, 3.63) is 83.4 Å². The molecule has 0 radical (unpaired) electrons. The molecule has 170 valence electrons. The van der Waals surface area contributed by atoms with E-state index in [1.165, 1.54) is 6.07 Å². The third-order valence-electron chi connectivity index (χ3n) is 6.65. The fraction of sp³-hybridized carbons (Fsp3) is 0.192. The van der Waals surface area contributed by atoms with Gasteiger partial charge in [-0.25, -0.2) is 8.91 Å². The summed E-state index contributed by atoms with van der Waals surface area (Å²) in [6, 6.07) is 14.7. The maximum absolute atomic E-state index is 13.7. The van der Waals surface area contributed by atoms with Crippen molar-refractivity contribution < 1.29 is 9.18 Å². The van der Waals surface area contributed by atoms with Gasteiger partial charge in [-0.05, 0) is 77.9 Å². The monoisotopic (exact) mass is 454 g/mol. The molecule has 1 atom stereocenters. The molecule has 7 nitrogen and oxygen atoms in total. The number of amides is 1. The summed E-state index contributed by atoms with van der Waals surface area (Å²) in [5.41, 5.74) is 11.9. The lowest BCUT2D eigenvalue weighted by Crippen LogP contribution is -2.31. The van der Waals surface area contributed by atoms with E-state index in [1.54, 1.807) is 16.6 Å². The van der Waals surface area contributed by atoms with Crippen LogP contribution in [0.25, 0.3) is 27.7 Å². The van der Waals surface area contributed by atoms with Crippen LogP contribution < -0.4 is 11.1 Å². The summed E-state index contributed by atoms with van der Waals surface area (Å²) in [5.74, 6) is -0.147. The van der Waals surface area contributed by atoms with Crippen molar-refractivity contribution in [1.29, 1.82) is 0 Å². The van der Waals surface area contributed by atoms with E-state index in [-0.39, 0.29) is 23.7 Å². The third-order valence-corrected chi connectivity index (χ3v) is 6.65. The highest BCUT2D eigenvalue weighted by Gasteiger charge is 2.24. The predicted octanol–water partition coefficient (Wildman–Crippen LogP) is 4.42. The molecule has 0 aliphatic heterocycles. The molecule has 0 saturated carbocycles. The van der Waals surface area contributed by atoms with Crippen molar-refractivity contribution in [2.75, 3.05) is 5.73 Å². The normalized spacial score (nSPS) is 15.5. The average molecular weight is 455 g/mol. The Morgan fingerprint density at radius 1 is 1.15 bits per heavy atom. The second-order valence-corrected chi connectivity index (χ2v) is 8.84. The number of nitrogens with two attached hydrogens (primary N) is 1. The highest BCUT2D eigenvalue weighted by atomic mass is 19.1. The summed E-state index contributed by atoms with van der Waals surface area (Å²) in [5, 5.41) is 8.18. The van der Waals surface area contributed by atoms with Crippen LogP contribution in [-0.2, 0) is 13.5 Å². The average Bonchev–Trinajstić information content (AvgIpc) is 3.37. The highest BCUT2D eigenvalue weighted by molar-refractivity contribution is 6.08. The number of anilines is 1. The number of carbonyl (C=O) groups is 1. The number of hydrogen-bond acceptors (Lipinski definition) is 4. The number of aryl methyl sites for hydroxylation is 2. The van der Waals surface area contributed by atoms with Gasteiger partial charge in [-0.2, -0.15) is 4.98 Å². The van der Waals surface area contributed by atoms with E-state index < -0.39 is 0 Å². The molecule has 1 aliphatic carbocycles. The number of nitrogens with one attached hydrogen (secondary N) is 1. The largest absolute Gasteiger partial charge is 0.366 e. The molecule has 1 amide bonds. The number of nitrogen functional groups attached to an aromatic ring is 1.